The molecule has 1 amide bonds. The van der Waals surface area contributed by atoms with Gasteiger partial charge in [-0.15, -0.1) is 0 Å². The highest BCUT2D eigenvalue weighted by atomic mass is 35.5. The number of carbonyl (C=O) groups excluding carboxylic acids is 1. The molecule has 0 radical (unpaired) electrons. The quantitative estimate of drug-likeness (QED) is 0.809. The van der Waals surface area contributed by atoms with E-state index in [1.165, 1.54) is 5.56 Å². The molecule has 0 unspecified atom stereocenters. The van der Waals surface area contributed by atoms with E-state index in [-0.39, 0.29) is 11.9 Å². The number of amides is 1. The number of nitrogens with two attached hydrogens (primary N) is 1. The van der Waals surface area contributed by atoms with Gasteiger partial charge in [0, 0.05) is 17.1 Å². The maximum Gasteiger partial charge on any atom is 0.275 e. The van der Waals surface area contributed by atoms with Crippen LogP contribution in [0.15, 0.2) is 54.6 Å². The molecule has 0 aliphatic heterocycles. The zero-order chi connectivity index (χ0) is 15.8. The van der Waals surface area contributed by atoms with Gasteiger partial charge in [0.05, 0.1) is 0 Å². The van der Waals surface area contributed by atoms with Gasteiger partial charge >= 0.3 is 0 Å². The largest absolute Gasteiger partial charge is 0.351 e. The lowest BCUT2D eigenvalue weighted by atomic mass is 10.1. The molecule has 0 saturated heterocycles. The van der Waals surface area contributed by atoms with Gasteiger partial charge in [-0.3, -0.25) is 4.79 Å². The Morgan fingerprint density at radius 3 is 2.55 bits per heavy atom. The summed E-state index contributed by atoms with van der Waals surface area (Å²) in [5.41, 5.74) is 2.29. The van der Waals surface area contributed by atoms with Crippen LogP contribution < -0.4 is 10.6 Å². The fraction of sp³-hybridized carbons (Fsp3) is 0.278. The Bertz CT molecular complexity index is 601. The van der Waals surface area contributed by atoms with E-state index in [9.17, 15) is 4.79 Å². The van der Waals surface area contributed by atoms with Crippen molar-refractivity contribution in [3.8, 4) is 0 Å². The average molecular weight is 318 g/mol. The second-order valence-electron chi connectivity index (χ2n) is 5.34. The van der Waals surface area contributed by atoms with Crippen LogP contribution in [-0.2, 0) is 11.2 Å². The summed E-state index contributed by atoms with van der Waals surface area (Å²) in [6.45, 7) is 3.12. The zero-order valence-corrected chi connectivity index (χ0v) is 13.5. The Morgan fingerprint density at radius 2 is 1.82 bits per heavy atom. The van der Waals surface area contributed by atoms with Crippen LogP contribution in [0, 0.1) is 0 Å². The number of benzene rings is 2. The fourth-order valence-electron chi connectivity index (χ4n) is 2.32. The topological polar surface area (TPSA) is 45.7 Å². The minimum atomic E-state index is 0.0508. The first kappa shape index (κ1) is 16.5. The first-order valence-corrected chi connectivity index (χ1v) is 7.93. The summed E-state index contributed by atoms with van der Waals surface area (Å²) in [6, 6.07) is 18.1. The summed E-state index contributed by atoms with van der Waals surface area (Å²) in [4.78, 5) is 11.9. The van der Waals surface area contributed by atoms with Gasteiger partial charge in [-0.2, -0.15) is 0 Å². The first-order valence-electron chi connectivity index (χ1n) is 7.55. The van der Waals surface area contributed by atoms with Gasteiger partial charge in [0.1, 0.15) is 6.04 Å². The van der Waals surface area contributed by atoms with Gasteiger partial charge in [0.15, 0.2) is 6.54 Å². The van der Waals surface area contributed by atoms with Gasteiger partial charge in [-0.1, -0.05) is 60.1 Å². The maximum absolute atomic E-state index is 11.9. The molecule has 0 aromatic heterocycles. The van der Waals surface area contributed by atoms with Crippen molar-refractivity contribution in [2.45, 2.75) is 19.4 Å². The Morgan fingerprint density at radius 1 is 1.14 bits per heavy atom. The van der Waals surface area contributed by atoms with E-state index in [1.54, 1.807) is 0 Å². The average Bonchev–Trinajstić information content (AvgIpc) is 2.54. The molecular formula is C18H22ClN2O+. The van der Waals surface area contributed by atoms with Crippen LogP contribution in [0.3, 0.4) is 0 Å². The monoisotopic (exact) mass is 317 g/mol. The lowest BCUT2D eigenvalue weighted by Crippen LogP contribution is -2.87. The van der Waals surface area contributed by atoms with Crippen LogP contribution in [0.25, 0.3) is 0 Å². The second-order valence-corrected chi connectivity index (χ2v) is 5.74. The summed E-state index contributed by atoms with van der Waals surface area (Å²) in [5, 5.41) is 5.69. The number of quaternary nitrogens is 1. The predicted molar refractivity (Wildman–Crippen MR) is 89.8 cm³/mol. The van der Waals surface area contributed by atoms with E-state index in [2.05, 4.69) is 24.4 Å². The van der Waals surface area contributed by atoms with E-state index < -0.39 is 0 Å². The van der Waals surface area contributed by atoms with Gasteiger partial charge in [0.25, 0.3) is 5.91 Å². The molecule has 3 nitrogen and oxygen atoms in total. The highest BCUT2D eigenvalue weighted by Crippen LogP contribution is 2.19. The highest BCUT2D eigenvalue weighted by Gasteiger charge is 2.13. The molecular weight excluding hydrogens is 296 g/mol. The predicted octanol–water partition coefficient (Wildman–Crippen LogP) is 2.32. The minimum Gasteiger partial charge on any atom is -0.351 e. The molecule has 22 heavy (non-hydrogen) atoms. The molecule has 2 aromatic rings. The molecule has 0 fully saturated rings. The number of halogens is 1. The van der Waals surface area contributed by atoms with Crippen LogP contribution in [0.1, 0.15) is 24.1 Å². The van der Waals surface area contributed by atoms with E-state index in [1.807, 2.05) is 47.8 Å². The number of nitrogens with one attached hydrogen (secondary N) is 1. The molecule has 0 aliphatic carbocycles. The van der Waals surface area contributed by atoms with E-state index in [0.29, 0.717) is 13.1 Å². The molecule has 2 aromatic carbocycles. The lowest BCUT2D eigenvalue weighted by Gasteiger charge is -2.12. The molecule has 3 N–H and O–H groups in total. The molecule has 4 heteroatoms. The third-order valence-electron chi connectivity index (χ3n) is 3.63. The minimum absolute atomic E-state index is 0.0508. The SMILES string of the molecule is C[C@@H]([NH2+]CC(=O)NCCc1ccccc1)c1ccccc1Cl. The molecule has 2 rings (SSSR count). The number of hydrogen-bond donors (Lipinski definition) is 2. The maximum atomic E-state index is 11.9. The van der Waals surface area contributed by atoms with Crippen LogP contribution in [0.2, 0.25) is 5.02 Å². The highest BCUT2D eigenvalue weighted by molar-refractivity contribution is 6.31. The van der Waals surface area contributed by atoms with E-state index >= 15 is 0 Å². The summed E-state index contributed by atoms with van der Waals surface area (Å²) >= 11 is 6.17. The van der Waals surface area contributed by atoms with Gasteiger partial charge in [-0.05, 0) is 25.0 Å². The second kappa shape index (κ2) is 8.57. The number of carbonyl (C=O) groups is 1. The summed E-state index contributed by atoms with van der Waals surface area (Å²) in [7, 11) is 0. The van der Waals surface area contributed by atoms with Crippen molar-refractivity contribution < 1.29 is 10.1 Å². The molecule has 0 bridgehead atoms. The number of rotatable bonds is 7. The Balaban J connectivity index is 1.70. The third-order valence-corrected chi connectivity index (χ3v) is 3.98. The van der Waals surface area contributed by atoms with Crippen molar-refractivity contribution in [3.05, 3.63) is 70.7 Å². The Labute approximate surface area is 136 Å². The van der Waals surface area contributed by atoms with Gasteiger partial charge in [0.2, 0.25) is 0 Å². The van der Waals surface area contributed by atoms with Crippen molar-refractivity contribution >= 4 is 17.5 Å². The van der Waals surface area contributed by atoms with Crippen molar-refractivity contribution in [2.24, 2.45) is 0 Å². The van der Waals surface area contributed by atoms with E-state index in [4.69, 9.17) is 11.6 Å². The molecule has 0 spiro atoms. The zero-order valence-electron chi connectivity index (χ0n) is 12.8. The van der Waals surface area contributed by atoms with E-state index in [0.717, 1.165) is 17.0 Å². The van der Waals surface area contributed by atoms with Gasteiger partial charge < -0.3 is 10.6 Å². The van der Waals surface area contributed by atoms with Crippen molar-refractivity contribution in [3.63, 3.8) is 0 Å². The smallest absolute Gasteiger partial charge is 0.275 e. The summed E-state index contributed by atoms with van der Waals surface area (Å²) in [6.07, 6.45) is 0.854. The molecule has 1 atom stereocenters. The van der Waals surface area contributed by atoms with Gasteiger partial charge in [-0.25, -0.2) is 0 Å². The molecule has 116 valence electrons. The molecule has 0 heterocycles. The lowest BCUT2D eigenvalue weighted by molar-refractivity contribution is -0.682. The van der Waals surface area contributed by atoms with Crippen molar-refractivity contribution in [1.82, 2.24) is 5.32 Å². The Hall–Kier alpha value is -1.84. The third kappa shape index (κ3) is 5.17. The van der Waals surface area contributed by atoms with Crippen LogP contribution >= 0.6 is 11.6 Å². The standard InChI is InChI=1S/C18H21ClN2O/c1-14(16-9-5-6-10-17(16)19)21-13-18(22)20-12-11-15-7-3-2-4-8-15/h2-10,14,21H,11-13H2,1H3,(H,20,22)/p+1/t14-/m1/s1. The molecule has 0 saturated carbocycles. The Kier molecular flexibility index (Phi) is 6.44. The summed E-state index contributed by atoms with van der Waals surface area (Å²) in [5.74, 6) is 0.0508. The van der Waals surface area contributed by atoms with Crippen LogP contribution in [0.4, 0.5) is 0 Å². The molecule has 0 aliphatic rings. The van der Waals surface area contributed by atoms with Crippen LogP contribution in [0.5, 0.6) is 0 Å². The fourth-order valence-corrected chi connectivity index (χ4v) is 2.63. The summed E-state index contributed by atoms with van der Waals surface area (Å²) < 4.78 is 0. The van der Waals surface area contributed by atoms with Crippen molar-refractivity contribution in [1.29, 1.82) is 0 Å². The number of hydrogen-bond acceptors (Lipinski definition) is 1. The normalized spacial score (nSPS) is 11.9. The van der Waals surface area contributed by atoms with Crippen LogP contribution in [-0.4, -0.2) is 19.0 Å². The first-order chi connectivity index (χ1) is 10.7. The van der Waals surface area contributed by atoms with Crippen molar-refractivity contribution in [2.75, 3.05) is 13.1 Å².